The van der Waals surface area contributed by atoms with Gasteiger partial charge in [0, 0.05) is 25.7 Å². The molecule has 17 heavy (non-hydrogen) atoms. The Bertz CT molecular complexity index is 535. The van der Waals surface area contributed by atoms with Gasteiger partial charge in [0.2, 0.25) is 0 Å². The smallest absolute Gasteiger partial charge is 0.164 e. The van der Waals surface area contributed by atoms with Crippen LogP contribution in [0, 0.1) is 6.92 Å². The highest BCUT2D eigenvalue weighted by Crippen LogP contribution is 2.22. The van der Waals surface area contributed by atoms with Crippen molar-refractivity contribution in [2.24, 2.45) is 0 Å². The molecule has 0 aliphatic carbocycles. The van der Waals surface area contributed by atoms with Gasteiger partial charge in [-0.1, -0.05) is 24.3 Å². The average Bonchev–Trinajstić information content (AvgIpc) is 2.28. The zero-order valence-electron chi connectivity index (χ0n) is 10.3. The molecule has 0 radical (unpaired) electrons. The lowest BCUT2D eigenvalue weighted by Gasteiger charge is -2.13. The van der Waals surface area contributed by atoms with E-state index < -0.39 is 0 Å². The second kappa shape index (κ2) is 4.41. The molecule has 4 heteroatoms. The number of rotatable bonds is 2. The molecular weight excluding hydrogens is 212 g/mol. The molecule has 2 N–H and O–H groups in total. The summed E-state index contributed by atoms with van der Waals surface area (Å²) in [5.41, 5.74) is 7.96. The molecule has 0 aliphatic heterocycles. The quantitative estimate of drug-likeness (QED) is 0.855. The zero-order chi connectivity index (χ0) is 12.4. The van der Waals surface area contributed by atoms with Crippen LogP contribution in [-0.4, -0.2) is 24.1 Å². The Morgan fingerprint density at radius 3 is 2.47 bits per heavy atom. The molecule has 1 heterocycles. The number of hydrogen-bond acceptors (Lipinski definition) is 4. The molecular formula is C13H16N4. The van der Waals surface area contributed by atoms with Crippen LogP contribution in [0.3, 0.4) is 0 Å². The second-order valence-corrected chi connectivity index (χ2v) is 4.18. The summed E-state index contributed by atoms with van der Waals surface area (Å²) in [6.07, 6.45) is 0. The van der Waals surface area contributed by atoms with Gasteiger partial charge >= 0.3 is 0 Å². The molecule has 2 aromatic rings. The number of nitrogens with zero attached hydrogens (tertiary/aromatic N) is 3. The van der Waals surface area contributed by atoms with Gasteiger partial charge in [0.05, 0.1) is 0 Å². The Morgan fingerprint density at radius 1 is 1.12 bits per heavy atom. The Labute approximate surface area is 101 Å². The van der Waals surface area contributed by atoms with E-state index in [0.717, 1.165) is 16.9 Å². The van der Waals surface area contributed by atoms with Gasteiger partial charge in [-0.2, -0.15) is 0 Å². The lowest BCUT2D eigenvalue weighted by molar-refractivity contribution is 1.04. The highest BCUT2D eigenvalue weighted by molar-refractivity contribution is 5.63. The minimum absolute atomic E-state index is 0.488. The van der Waals surface area contributed by atoms with Crippen molar-refractivity contribution in [3.63, 3.8) is 0 Å². The molecule has 0 aliphatic rings. The van der Waals surface area contributed by atoms with Crippen molar-refractivity contribution in [3.05, 3.63) is 35.9 Å². The maximum Gasteiger partial charge on any atom is 0.164 e. The lowest BCUT2D eigenvalue weighted by Crippen LogP contribution is -2.12. The Morgan fingerprint density at radius 2 is 1.82 bits per heavy atom. The van der Waals surface area contributed by atoms with Crippen LogP contribution in [0.1, 0.15) is 5.56 Å². The van der Waals surface area contributed by atoms with Crippen LogP contribution < -0.4 is 10.6 Å². The van der Waals surface area contributed by atoms with Gasteiger partial charge < -0.3 is 10.6 Å². The molecule has 88 valence electrons. The fourth-order valence-electron chi connectivity index (χ4n) is 1.63. The minimum atomic E-state index is 0.488. The van der Waals surface area contributed by atoms with Crippen LogP contribution in [0.5, 0.6) is 0 Å². The molecule has 1 aromatic carbocycles. The minimum Gasteiger partial charge on any atom is -0.384 e. The van der Waals surface area contributed by atoms with Crippen LogP contribution in [0.15, 0.2) is 30.3 Å². The molecule has 0 unspecified atom stereocenters. The summed E-state index contributed by atoms with van der Waals surface area (Å²) >= 11 is 0. The highest BCUT2D eigenvalue weighted by atomic mass is 15.2. The standard InChI is InChI=1S/C13H16N4/c1-9-6-4-5-7-10(9)13-15-11(14)8-12(16-13)17(2)3/h4-8H,1-3H3,(H2,14,15,16). The van der Waals surface area contributed by atoms with Crippen molar-refractivity contribution in [3.8, 4) is 11.4 Å². The number of hydrogen-bond donors (Lipinski definition) is 1. The van der Waals surface area contributed by atoms with Gasteiger partial charge in [0.25, 0.3) is 0 Å². The highest BCUT2D eigenvalue weighted by Gasteiger charge is 2.08. The van der Waals surface area contributed by atoms with Gasteiger partial charge in [0.15, 0.2) is 5.82 Å². The molecule has 0 amide bonds. The topological polar surface area (TPSA) is 55.0 Å². The Hall–Kier alpha value is -2.10. The normalized spacial score (nSPS) is 10.3. The van der Waals surface area contributed by atoms with Crippen molar-refractivity contribution in [1.82, 2.24) is 9.97 Å². The molecule has 4 nitrogen and oxygen atoms in total. The molecule has 0 saturated heterocycles. The van der Waals surface area contributed by atoms with Crippen molar-refractivity contribution < 1.29 is 0 Å². The SMILES string of the molecule is Cc1ccccc1-c1nc(N)cc(N(C)C)n1. The van der Waals surface area contributed by atoms with Crippen molar-refractivity contribution in [2.45, 2.75) is 6.92 Å². The number of benzene rings is 1. The van der Waals surface area contributed by atoms with Gasteiger partial charge in [-0.25, -0.2) is 9.97 Å². The number of aromatic nitrogens is 2. The number of aryl methyl sites for hydroxylation is 1. The van der Waals surface area contributed by atoms with E-state index in [2.05, 4.69) is 9.97 Å². The van der Waals surface area contributed by atoms with Crippen LogP contribution in [-0.2, 0) is 0 Å². The second-order valence-electron chi connectivity index (χ2n) is 4.18. The van der Waals surface area contributed by atoms with E-state index in [1.165, 1.54) is 0 Å². The fourth-order valence-corrected chi connectivity index (χ4v) is 1.63. The number of nitrogen functional groups attached to an aromatic ring is 1. The van der Waals surface area contributed by atoms with E-state index in [-0.39, 0.29) is 0 Å². The largest absolute Gasteiger partial charge is 0.384 e. The number of nitrogens with two attached hydrogens (primary N) is 1. The van der Waals surface area contributed by atoms with E-state index in [0.29, 0.717) is 11.6 Å². The van der Waals surface area contributed by atoms with Crippen molar-refractivity contribution in [2.75, 3.05) is 24.7 Å². The summed E-state index contributed by atoms with van der Waals surface area (Å²) in [5.74, 6) is 1.98. The zero-order valence-corrected chi connectivity index (χ0v) is 10.3. The summed E-state index contributed by atoms with van der Waals surface area (Å²) in [6.45, 7) is 2.04. The summed E-state index contributed by atoms with van der Waals surface area (Å²) < 4.78 is 0. The third-order valence-electron chi connectivity index (χ3n) is 2.58. The maximum absolute atomic E-state index is 5.81. The first-order chi connectivity index (χ1) is 8.08. The molecule has 1 aromatic heterocycles. The van der Waals surface area contributed by atoms with Gasteiger partial charge in [-0.15, -0.1) is 0 Å². The molecule has 0 bridgehead atoms. The summed E-state index contributed by atoms with van der Waals surface area (Å²) in [7, 11) is 3.87. The lowest BCUT2D eigenvalue weighted by atomic mass is 10.1. The number of anilines is 2. The summed E-state index contributed by atoms with van der Waals surface area (Å²) in [5, 5.41) is 0. The van der Waals surface area contributed by atoms with E-state index >= 15 is 0 Å². The average molecular weight is 228 g/mol. The Kier molecular flexibility index (Phi) is 2.95. The van der Waals surface area contributed by atoms with E-state index in [4.69, 9.17) is 5.73 Å². The molecule has 2 rings (SSSR count). The van der Waals surface area contributed by atoms with Crippen LogP contribution in [0.2, 0.25) is 0 Å². The van der Waals surface area contributed by atoms with Crippen molar-refractivity contribution in [1.29, 1.82) is 0 Å². The maximum atomic E-state index is 5.81. The predicted molar refractivity (Wildman–Crippen MR) is 70.9 cm³/mol. The van der Waals surface area contributed by atoms with Crippen LogP contribution in [0.25, 0.3) is 11.4 Å². The first-order valence-corrected chi connectivity index (χ1v) is 5.46. The van der Waals surface area contributed by atoms with E-state index in [9.17, 15) is 0 Å². The van der Waals surface area contributed by atoms with E-state index in [1.54, 1.807) is 6.07 Å². The fraction of sp³-hybridized carbons (Fsp3) is 0.231. The monoisotopic (exact) mass is 228 g/mol. The van der Waals surface area contributed by atoms with E-state index in [1.807, 2.05) is 50.2 Å². The van der Waals surface area contributed by atoms with Gasteiger partial charge in [-0.05, 0) is 12.5 Å². The van der Waals surface area contributed by atoms with Gasteiger partial charge in [-0.3, -0.25) is 0 Å². The first kappa shape index (κ1) is 11.4. The molecule has 0 fully saturated rings. The van der Waals surface area contributed by atoms with Crippen LogP contribution in [0.4, 0.5) is 11.6 Å². The molecule has 0 spiro atoms. The van der Waals surface area contributed by atoms with Crippen LogP contribution >= 0.6 is 0 Å². The Balaban J connectivity index is 2.56. The molecule has 0 atom stereocenters. The van der Waals surface area contributed by atoms with Gasteiger partial charge in [0.1, 0.15) is 11.6 Å². The third kappa shape index (κ3) is 2.36. The van der Waals surface area contributed by atoms with Crippen molar-refractivity contribution >= 4 is 11.6 Å². The summed E-state index contributed by atoms with van der Waals surface area (Å²) in [4.78, 5) is 10.7. The first-order valence-electron chi connectivity index (χ1n) is 5.46. The predicted octanol–water partition coefficient (Wildman–Crippen LogP) is 2.10. The summed E-state index contributed by atoms with van der Waals surface area (Å²) in [6, 6.07) is 9.78. The third-order valence-corrected chi connectivity index (χ3v) is 2.58. The molecule has 0 saturated carbocycles.